The number of nitrogens with one attached hydrogen (secondary N) is 1. The first-order chi connectivity index (χ1) is 9.16. The van der Waals surface area contributed by atoms with Crippen molar-refractivity contribution in [1.29, 1.82) is 0 Å². The molecule has 0 amide bonds. The van der Waals surface area contributed by atoms with Crippen LogP contribution in [0.3, 0.4) is 0 Å². The molecule has 0 aromatic heterocycles. The van der Waals surface area contributed by atoms with Crippen LogP contribution in [0.4, 0.5) is 0 Å². The van der Waals surface area contributed by atoms with E-state index in [1.54, 1.807) is 0 Å². The predicted molar refractivity (Wildman–Crippen MR) is 80.5 cm³/mol. The zero-order chi connectivity index (χ0) is 13.7. The summed E-state index contributed by atoms with van der Waals surface area (Å²) in [6.45, 7) is 8.67. The number of aryl methyl sites for hydroxylation is 1. The topological polar surface area (TPSA) is 21.3 Å². The minimum Gasteiger partial charge on any atom is -0.378 e. The fourth-order valence-corrected chi connectivity index (χ4v) is 2.78. The fourth-order valence-electron chi connectivity index (χ4n) is 2.78. The van der Waals surface area contributed by atoms with Gasteiger partial charge in [-0.1, -0.05) is 38.1 Å². The monoisotopic (exact) mass is 261 g/mol. The number of benzene rings is 1. The molecule has 0 radical (unpaired) electrons. The van der Waals surface area contributed by atoms with Crippen molar-refractivity contribution in [1.82, 2.24) is 5.32 Å². The molecule has 2 heteroatoms. The van der Waals surface area contributed by atoms with Crippen molar-refractivity contribution in [3.63, 3.8) is 0 Å². The van der Waals surface area contributed by atoms with E-state index in [1.807, 2.05) is 0 Å². The first-order valence-corrected chi connectivity index (χ1v) is 7.56. The molecule has 1 aliphatic heterocycles. The molecule has 2 atom stereocenters. The van der Waals surface area contributed by atoms with Crippen molar-refractivity contribution in [2.24, 2.45) is 5.92 Å². The minimum atomic E-state index is 0.435. The highest BCUT2D eigenvalue weighted by molar-refractivity contribution is 5.25. The maximum Gasteiger partial charge on any atom is 0.0612 e. The molecule has 1 N–H and O–H groups in total. The second-order valence-electron chi connectivity index (χ2n) is 6.01. The first-order valence-electron chi connectivity index (χ1n) is 7.56. The third kappa shape index (κ3) is 4.32. The standard InChI is InChI=1S/C17H27NO/c1-13(2)17-12-16(9-11-19-17)18-10-8-15-7-5-4-6-14(15)3/h4-7,13,16-18H,8-12H2,1-3H3. The molecule has 2 rings (SSSR count). The summed E-state index contributed by atoms with van der Waals surface area (Å²) in [4.78, 5) is 0. The lowest BCUT2D eigenvalue weighted by Crippen LogP contribution is -2.41. The highest BCUT2D eigenvalue weighted by Gasteiger charge is 2.24. The second kappa shape index (κ2) is 7.06. The summed E-state index contributed by atoms with van der Waals surface area (Å²) in [7, 11) is 0. The van der Waals surface area contributed by atoms with Crippen molar-refractivity contribution >= 4 is 0 Å². The molecule has 1 aromatic carbocycles. The van der Waals surface area contributed by atoms with E-state index in [-0.39, 0.29) is 0 Å². The Morgan fingerprint density at radius 2 is 2.11 bits per heavy atom. The van der Waals surface area contributed by atoms with Crippen LogP contribution in [-0.4, -0.2) is 25.3 Å². The lowest BCUT2D eigenvalue weighted by atomic mass is 9.95. The van der Waals surface area contributed by atoms with Crippen LogP contribution in [0.15, 0.2) is 24.3 Å². The van der Waals surface area contributed by atoms with Crippen LogP contribution < -0.4 is 5.32 Å². The Morgan fingerprint density at radius 1 is 1.32 bits per heavy atom. The van der Waals surface area contributed by atoms with Gasteiger partial charge in [0.25, 0.3) is 0 Å². The number of rotatable bonds is 5. The summed E-state index contributed by atoms with van der Waals surface area (Å²) >= 11 is 0. The van der Waals surface area contributed by atoms with Gasteiger partial charge in [0.1, 0.15) is 0 Å². The van der Waals surface area contributed by atoms with E-state index in [0.717, 1.165) is 32.4 Å². The molecule has 0 saturated carbocycles. The quantitative estimate of drug-likeness (QED) is 0.878. The first kappa shape index (κ1) is 14.5. The summed E-state index contributed by atoms with van der Waals surface area (Å²) in [6, 6.07) is 9.30. The van der Waals surface area contributed by atoms with Crippen molar-refractivity contribution < 1.29 is 4.74 Å². The largest absolute Gasteiger partial charge is 0.378 e. The van der Waals surface area contributed by atoms with Gasteiger partial charge >= 0.3 is 0 Å². The van der Waals surface area contributed by atoms with Gasteiger partial charge in [-0.3, -0.25) is 0 Å². The molecule has 1 heterocycles. The molecule has 0 spiro atoms. The van der Waals surface area contributed by atoms with Crippen LogP contribution >= 0.6 is 0 Å². The highest BCUT2D eigenvalue weighted by atomic mass is 16.5. The van der Waals surface area contributed by atoms with Gasteiger partial charge in [0.15, 0.2) is 0 Å². The third-order valence-electron chi connectivity index (χ3n) is 4.15. The van der Waals surface area contributed by atoms with E-state index in [2.05, 4.69) is 50.4 Å². The smallest absolute Gasteiger partial charge is 0.0612 e. The summed E-state index contributed by atoms with van der Waals surface area (Å²) in [6.07, 6.45) is 3.86. The molecule has 0 aliphatic carbocycles. The minimum absolute atomic E-state index is 0.435. The van der Waals surface area contributed by atoms with Gasteiger partial charge in [0.2, 0.25) is 0 Å². The Balaban J connectivity index is 1.75. The zero-order valence-corrected chi connectivity index (χ0v) is 12.5. The third-order valence-corrected chi connectivity index (χ3v) is 4.15. The molecule has 2 nitrogen and oxygen atoms in total. The van der Waals surface area contributed by atoms with Crippen LogP contribution in [0.2, 0.25) is 0 Å². The van der Waals surface area contributed by atoms with Gasteiger partial charge in [-0.05, 0) is 49.8 Å². The molecule has 106 valence electrons. The number of hydrogen-bond donors (Lipinski definition) is 1. The van der Waals surface area contributed by atoms with E-state index in [0.29, 0.717) is 18.1 Å². The zero-order valence-electron chi connectivity index (χ0n) is 12.5. The normalized spacial score (nSPS) is 23.8. The Morgan fingerprint density at radius 3 is 2.84 bits per heavy atom. The van der Waals surface area contributed by atoms with E-state index in [4.69, 9.17) is 4.74 Å². The van der Waals surface area contributed by atoms with Crippen LogP contribution in [0.1, 0.15) is 37.8 Å². The number of ether oxygens (including phenoxy) is 1. The van der Waals surface area contributed by atoms with E-state index in [1.165, 1.54) is 11.1 Å². The fraction of sp³-hybridized carbons (Fsp3) is 0.647. The lowest BCUT2D eigenvalue weighted by molar-refractivity contribution is -0.0241. The molecule has 1 aliphatic rings. The lowest BCUT2D eigenvalue weighted by Gasteiger charge is -2.32. The predicted octanol–water partition coefficient (Wildman–Crippen LogP) is 3.33. The molecule has 1 aromatic rings. The molecule has 19 heavy (non-hydrogen) atoms. The average molecular weight is 261 g/mol. The van der Waals surface area contributed by atoms with E-state index in [9.17, 15) is 0 Å². The van der Waals surface area contributed by atoms with E-state index >= 15 is 0 Å². The van der Waals surface area contributed by atoms with Crippen molar-refractivity contribution in [2.45, 2.75) is 52.2 Å². The maximum absolute atomic E-state index is 5.81. The highest BCUT2D eigenvalue weighted by Crippen LogP contribution is 2.20. The summed E-state index contributed by atoms with van der Waals surface area (Å²) in [5, 5.41) is 3.70. The summed E-state index contributed by atoms with van der Waals surface area (Å²) in [5.41, 5.74) is 2.86. The molecular formula is C17H27NO. The van der Waals surface area contributed by atoms with Crippen LogP contribution in [0, 0.1) is 12.8 Å². The molecule has 1 saturated heterocycles. The summed E-state index contributed by atoms with van der Waals surface area (Å²) < 4.78 is 5.81. The molecule has 1 fully saturated rings. The van der Waals surface area contributed by atoms with Gasteiger partial charge < -0.3 is 10.1 Å². The van der Waals surface area contributed by atoms with Crippen LogP contribution in [0.5, 0.6) is 0 Å². The van der Waals surface area contributed by atoms with Crippen LogP contribution in [-0.2, 0) is 11.2 Å². The van der Waals surface area contributed by atoms with Gasteiger partial charge in [-0.2, -0.15) is 0 Å². The van der Waals surface area contributed by atoms with Gasteiger partial charge in [-0.25, -0.2) is 0 Å². The Kier molecular flexibility index (Phi) is 5.41. The average Bonchev–Trinajstić information content (AvgIpc) is 2.41. The maximum atomic E-state index is 5.81. The summed E-state index contributed by atoms with van der Waals surface area (Å²) in [5.74, 6) is 0.626. The molecular weight excluding hydrogens is 234 g/mol. The number of hydrogen-bond acceptors (Lipinski definition) is 2. The van der Waals surface area contributed by atoms with Gasteiger partial charge in [0, 0.05) is 12.6 Å². The SMILES string of the molecule is Cc1ccccc1CCNC1CCOC(C(C)C)C1. The van der Waals surface area contributed by atoms with E-state index < -0.39 is 0 Å². The van der Waals surface area contributed by atoms with Crippen molar-refractivity contribution in [3.05, 3.63) is 35.4 Å². The van der Waals surface area contributed by atoms with Gasteiger partial charge in [-0.15, -0.1) is 0 Å². The Labute approximate surface area is 117 Å². The molecule has 2 unspecified atom stereocenters. The van der Waals surface area contributed by atoms with Crippen molar-refractivity contribution in [3.8, 4) is 0 Å². The Hall–Kier alpha value is -0.860. The van der Waals surface area contributed by atoms with Gasteiger partial charge in [0.05, 0.1) is 6.10 Å². The van der Waals surface area contributed by atoms with Crippen LogP contribution in [0.25, 0.3) is 0 Å². The molecule has 0 bridgehead atoms. The Bertz CT molecular complexity index is 389. The van der Waals surface area contributed by atoms with Crippen molar-refractivity contribution in [2.75, 3.05) is 13.2 Å². The second-order valence-corrected chi connectivity index (χ2v) is 6.01.